The molecule has 1 saturated carbocycles. The standard InChI is InChI=1S/C25H32N4O6S/c1-19(25(31)26-21-12-7-4-8-13-21)27(17-20-10-5-3-6-11-20)24(30)18-28(36(2,34)35)22-14-9-15-23(16-22)29(32)33/h3,5-6,9-11,14-16,19,21H,4,7-8,12-13,17-18H2,1-2H3,(H,26,31)/t19-/m1/s1. The summed E-state index contributed by atoms with van der Waals surface area (Å²) in [6, 6.07) is 13.4. The minimum absolute atomic E-state index is 0.000906. The predicted molar refractivity (Wildman–Crippen MR) is 137 cm³/mol. The molecule has 0 saturated heterocycles. The fraction of sp³-hybridized carbons (Fsp3) is 0.440. The van der Waals surface area contributed by atoms with E-state index in [4.69, 9.17) is 0 Å². The quantitative estimate of drug-likeness (QED) is 0.381. The molecule has 2 aromatic carbocycles. The van der Waals surface area contributed by atoms with Gasteiger partial charge in [0.15, 0.2) is 0 Å². The van der Waals surface area contributed by atoms with Crippen molar-refractivity contribution >= 4 is 33.2 Å². The van der Waals surface area contributed by atoms with Gasteiger partial charge in [0, 0.05) is 24.7 Å². The number of nitrogens with zero attached hydrogens (tertiary/aromatic N) is 3. The van der Waals surface area contributed by atoms with E-state index in [0.29, 0.717) is 0 Å². The smallest absolute Gasteiger partial charge is 0.271 e. The maximum absolute atomic E-state index is 13.5. The fourth-order valence-electron chi connectivity index (χ4n) is 4.31. The summed E-state index contributed by atoms with van der Waals surface area (Å²) in [4.78, 5) is 38.6. The second-order valence-corrected chi connectivity index (χ2v) is 11.0. The Kier molecular flexibility index (Phi) is 9.03. The first-order valence-electron chi connectivity index (χ1n) is 11.9. The molecule has 0 heterocycles. The van der Waals surface area contributed by atoms with Crippen LogP contribution < -0.4 is 9.62 Å². The molecule has 0 aliphatic heterocycles. The number of carbonyl (C=O) groups excluding carboxylic acids is 2. The van der Waals surface area contributed by atoms with Crippen molar-refractivity contribution in [3.8, 4) is 0 Å². The molecule has 2 aromatic rings. The molecule has 0 bridgehead atoms. The average Bonchev–Trinajstić information content (AvgIpc) is 2.86. The molecule has 1 atom stereocenters. The van der Waals surface area contributed by atoms with Gasteiger partial charge < -0.3 is 10.2 Å². The molecule has 1 aliphatic carbocycles. The van der Waals surface area contributed by atoms with E-state index in [1.54, 1.807) is 6.92 Å². The van der Waals surface area contributed by atoms with Crippen molar-refractivity contribution in [2.75, 3.05) is 17.1 Å². The minimum atomic E-state index is -3.97. The first-order chi connectivity index (χ1) is 17.1. The van der Waals surface area contributed by atoms with Crippen LogP contribution in [0.15, 0.2) is 54.6 Å². The van der Waals surface area contributed by atoms with Crippen LogP contribution in [0.5, 0.6) is 0 Å². The van der Waals surface area contributed by atoms with E-state index in [-0.39, 0.29) is 29.9 Å². The Morgan fingerprint density at radius 1 is 1.08 bits per heavy atom. The highest BCUT2D eigenvalue weighted by Gasteiger charge is 2.31. The van der Waals surface area contributed by atoms with Gasteiger partial charge in [0.25, 0.3) is 5.69 Å². The molecule has 11 heteroatoms. The number of hydrogen-bond acceptors (Lipinski definition) is 6. The Balaban J connectivity index is 1.87. The molecular formula is C25H32N4O6S. The topological polar surface area (TPSA) is 130 Å². The zero-order valence-electron chi connectivity index (χ0n) is 20.5. The lowest BCUT2D eigenvalue weighted by molar-refractivity contribution is -0.384. The molecule has 0 radical (unpaired) electrons. The minimum Gasteiger partial charge on any atom is -0.352 e. The molecule has 194 valence electrons. The Morgan fingerprint density at radius 2 is 1.75 bits per heavy atom. The van der Waals surface area contributed by atoms with Gasteiger partial charge in [-0.1, -0.05) is 55.7 Å². The van der Waals surface area contributed by atoms with Crippen molar-refractivity contribution in [3.63, 3.8) is 0 Å². The number of anilines is 1. The summed E-state index contributed by atoms with van der Waals surface area (Å²) in [6.45, 7) is 1.12. The Hall–Kier alpha value is -3.47. The summed E-state index contributed by atoms with van der Waals surface area (Å²) in [6.07, 6.45) is 5.93. The van der Waals surface area contributed by atoms with Crippen LogP contribution in [0.4, 0.5) is 11.4 Å². The number of rotatable bonds is 10. The van der Waals surface area contributed by atoms with Crippen molar-refractivity contribution in [1.29, 1.82) is 0 Å². The number of nitrogens with one attached hydrogen (secondary N) is 1. The summed E-state index contributed by atoms with van der Waals surface area (Å²) in [5.74, 6) is -0.894. The summed E-state index contributed by atoms with van der Waals surface area (Å²) in [7, 11) is -3.97. The first-order valence-corrected chi connectivity index (χ1v) is 13.8. The van der Waals surface area contributed by atoms with Gasteiger partial charge in [0.2, 0.25) is 21.8 Å². The molecule has 0 unspecified atom stereocenters. The SMILES string of the molecule is C[C@H](C(=O)NC1CCCCC1)N(Cc1ccccc1)C(=O)CN(c1cccc([N+](=O)[O-])c1)S(C)(=O)=O. The van der Waals surface area contributed by atoms with E-state index in [2.05, 4.69) is 5.32 Å². The van der Waals surface area contributed by atoms with Crippen LogP contribution in [0.25, 0.3) is 0 Å². The van der Waals surface area contributed by atoms with E-state index < -0.39 is 33.4 Å². The second kappa shape index (κ2) is 12.0. The molecule has 0 aromatic heterocycles. The number of non-ortho nitro benzene ring substituents is 1. The maximum Gasteiger partial charge on any atom is 0.271 e. The molecule has 1 fully saturated rings. The number of nitro benzene ring substituents is 1. The fourth-order valence-corrected chi connectivity index (χ4v) is 5.15. The normalized spacial score (nSPS) is 15.1. The lowest BCUT2D eigenvalue weighted by atomic mass is 9.95. The molecule has 0 spiro atoms. The highest BCUT2D eigenvalue weighted by Crippen LogP contribution is 2.24. The molecule has 2 amide bonds. The molecule has 36 heavy (non-hydrogen) atoms. The summed E-state index contributed by atoms with van der Waals surface area (Å²) in [5.41, 5.74) is 0.485. The first kappa shape index (κ1) is 27.1. The van der Waals surface area contributed by atoms with Gasteiger partial charge in [-0.05, 0) is 31.4 Å². The molecule has 10 nitrogen and oxygen atoms in total. The number of nitro groups is 1. The lowest BCUT2D eigenvalue weighted by Crippen LogP contribution is -2.52. The summed E-state index contributed by atoms with van der Waals surface area (Å²) >= 11 is 0. The predicted octanol–water partition coefficient (Wildman–Crippen LogP) is 3.23. The van der Waals surface area contributed by atoms with Crippen LogP contribution in [0.3, 0.4) is 0 Å². The highest BCUT2D eigenvalue weighted by atomic mass is 32.2. The van der Waals surface area contributed by atoms with Crippen LogP contribution in [-0.2, 0) is 26.2 Å². The second-order valence-electron chi connectivity index (χ2n) is 9.07. The van der Waals surface area contributed by atoms with Crippen molar-refractivity contribution in [1.82, 2.24) is 10.2 Å². The van der Waals surface area contributed by atoms with E-state index >= 15 is 0 Å². The van der Waals surface area contributed by atoms with Gasteiger partial charge >= 0.3 is 0 Å². The van der Waals surface area contributed by atoms with Crippen LogP contribution in [0, 0.1) is 10.1 Å². The van der Waals surface area contributed by atoms with Crippen LogP contribution in [0.1, 0.15) is 44.6 Å². The van der Waals surface area contributed by atoms with Crippen molar-refractivity contribution in [2.45, 2.75) is 57.7 Å². The monoisotopic (exact) mass is 516 g/mol. The van der Waals surface area contributed by atoms with Crippen LogP contribution in [-0.4, -0.2) is 54.9 Å². The third-order valence-electron chi connectivity index (χ3n) is 6.32. The largest absolute Gasteiger partial charge is 0.352 e. The van der Waals surface area contributed by atoms with E-state index in [1.807, 2.05) is 30.3 Å². The lowest BCUT2D eigenvalue weighted by Gasteiger charge is -2.33. The number of benzene rings is 2. The number of carbonyl (C=O) groups is 2. The van der Waals surface area contributed by atoms with Gasteiger partial charge in [-0.2, -0.15) is 0 Å². The van der Waals surface area contributed by atoms with Gasteiger partial charge in [-0.15, -0.1) is 0 Å². The van der Waals surface area contributed by atoms with E-state index in [0.717, 1.165) is 54.3 Å². The zero-order chi connectivity index (χ0) is 26.3. The summed E-state index contributed by atoms with van der Waals surface area (Å²) in [5, 5.41) is 14.2. The Bertz CT molecular complexity index is 1180. The molecule has 3 rings (SSSR count). The molecular weight excluding hydrogens is 484 g/mol. The molecule has 1 aliphatic rings. The van der Waals surface area contributed by atoms with Crippen LogP contribution >= 0.6 is 0 Å². The van der Waals surface area contributed by atoms with Gasteiger partial charge in [0.1, 0.15) is 12.6 Å². The van der Waals surface area contributed by atoms with E-state index in [9.17, 15) is 28.1 Å². The van der Waals surface area contributed by atoms with Crippen molar-refractivity contribution in [2.24, 2.45) is 0 Å². The van der Waals surface area contributed by atoms with Crippen molar-refractivity contribution < 1.29 is 22.9 Å². The molecule has 1 N–H and O–H groups in total. The van der Waals surface area contributed by atoms with Crippen LogP contribution in [0.2, 0.25) is 0 Å². The highest BCUT2D eigenvalue weighted by molar-refractivity contribution is 7.92. The zero-order valence-corrected chi connectivity index (χ0v) is 21.3. The summed E-state index contributed by atoms with van der Waals surface area (Å²) < 4.78 is 26.0. The van der Waals surface area contributed by atoms with Gasteiger partial charge in [0.05, 0.1) is 16.9 Å². The van der Waals surface area contributed by atoms with Gasteiger partial charge in [-0.25, -0.2) is 8.42 Å². The third-order valence-corrected chi connectivity index (χ3v) is 7.46. The average molecular weight is 517 g/mol. The Labute approximate surface area is 211 Å². The third kappa shape index (κ3) is 7.27. The number of amides is 2. The van der Waals surface area contributed by atoms with E-state index in [1.165, 1.54) is 23.1 Å². The Morgan fingerprint density at radius 3 is 2.36 bits per heavy atom. The number of hydrogen-bond donors (Lipinski definition) is 1. The number of sulfonamides is 1. The van der Waals surface area contributed by atoms with Crippen molar-refractivity contribution in [3.05, 3.63) is 70.3 Å². The van der Waals surface area contributed by atoms with Gasteiger partial charge in [-0.3, -0.25) is 24.0 Å². The maximum atomic E-state index is 13.5.